The van der Waals surface area contributed by atoms with Crippen LogP contribution in [0.3, 0.4) is 0 Å². The number of amides is 1. The molecule has 23 heavy (non-hydrogen) atoms. The topological polar surface area (TPSA) is 49.3 Å². The van der Waals surface area contributed by atoms with Crippen LogP contribution in [0.25, 0.3) is 0 Å². The number of halogens is 3. The lowest BCUT2D eigenvalue weighted by Gasteiger charge is -2.27. The lowest BCUT2D eigenvalue weighted by Crippen LogP contribution is -2.43. The zero-order valence-electron chi connectivity index (χ0n) is 13.5. The molecule has 1 atom stereocenters. The van der Waals surface area contributed by atoms with Gasteiger partial charge in [-0.3, -0.25) is 4.79 Å². The van der Waals surface area contributed by atoms with Crippen LogP contribution in [0.1, 0.15) is 44.7 Å². The number of aliphatic hydroxyl groups excluding tert-OH is 1. The molecule has 2 rings (SSSR count). The van der Waals surface area contributed by atoms with Crippen molar-refractivity contribution in [1.82, 2.24) is 5.32 Å². The molecule has 0 aromatic heterocycles. The van der Waals surface area contributed by atoms with Crippen LogP contribution in [0.4, 0.5) is 13.2 Å². The lowest BCUT2D eigenvalue weighted by molar-refractivity contribution is -0.137. The first-order valence-corrected chi connectivity index (χ1v) is 7.61. The summed E-state index contributed by atoms with van der Waals surface area (Å²) in [5.41, 5.74) is -1.63. The number of carbonyl (C=O) groups is 1. The molecule has 1 saturated carbocycles. The second-order valence-electron chi connectivity index (χ2n) is 7.25. The Kier molecular flexibility index (Phi) is 4.50. The predicted octanol–water partition coefficient (Wildman–Crippen LogP) is 3.26. The molecule has 0 spiro atoms. The first-order chi connectivity index (χ1) is 10.5. The molecule has 128 valence electrons. The van der Waals surface area contributed by atoms with Crippen molar-refractivity contribution >= 4 is 5.91 Å². The highest BCUT2D eigenvalue weighted by Gasteiger charge is 2.51. The van der Waals surface area contributed by atoms with Crippen LogP contribution in [-0.4, -0.2) is 23.7 Å². The van der Waals surface area contributed by atoms with Gasteiger partial charge < -0.3 is 10.4 Å². The molecule has 0 bridgehead atoms. The van der Waals surface area contributed by atoms with Crippen molar-refractivity contribution in [1.29, 1.82) is 0 Å². The molecule has 6 heteroatoms. The average molecular weight is 329 g/mol. The van der Waals surface area contributed by atoms with E-state index in [9.17, 15) is 23.1 Å². The van der Waals surface area contributed by atoms with Gasteiger partial charge >= 0.3 is 6.18 Å². The second kappa shape index (κ2) is 5.82. The summed E-state index contributed by atoms with van der Waals surface area (Å²) in [7, 11) is 0. The average Bonchev–Trinajstić information content (AvgIpc) is 3.24. The van der Waals surface area contributed by atoms with E-state index in [0.29, 0.717) is 18.4 Å². The molecule has 0 aliphatic heterocycles. The molecule has 1 unspecified atom stereocenters. The van der Waals surface area contributed by atoms with Crippen molar-refractivity contribution in [3.8, 4) is 0 Å². The highest BCUT2D eigenvalue weighted by Crippen LogP contribution is 2.49. The molecule has 1 aliphatic rings. The molecule has 3 nitrogen and oxygen atoms in total. The van der Waals surface area contributed by atoms with Crippen LogP contribution in [0.15, 0.2) is 24.3 Å². The minimum absolute atomic E-state index is 0.0864. The number of alkyl halides is 3. The van der Waals surface area contributed by atoms with Crippen molar-refractivity contribution < 1.29 is 23.1 Å². The number of nitrogens with one attached hydrogen (secondary N) is 1. The van der Waals surface area contributed by atoms with Gasteiger partial charge in [-0.25, -0.2) is 0 Å². The molecule has 0 heterocycles. The van der Waals surface area contributed by atoms with Crippen molar-refractivity contribution in [2.75, 3.05) is 6.54 Å². The molecule has 1 aromatic carbocycles. The van der Waals surface area contributed by atoms with E-state index in [-0.39, 0.29) is 17.9 Å². The van der Waals surface area contributed by atoms with Crippen LogP contribution >= 0.6 is 0 Å². The number of aliphatic hydroxyl groups is 1. The Morgan fingerprint density at radius 3 is 2.39 bits per heavy atom. The van der Waals surface area contributed by atoms with Gasteiger partial charge in [-0.2, -0.15) is 13.2 Å². The summed E-state index contributed by atoms with van der Waals surface area (Å²) in [5, 5.41) is 12.7. The lowest BCUT2D eigenvalue weighted by atomic mass is 9.88. The maximum atomic E-state index is 12.8. The molecule has 0 saturated heterocycles. The van der Waals surface area contributed by atoms with Gasteiger partial charge in [-0.15, -0.1) is 0 Å². The van der Waals surface area contributed by atoms with Gasteiger partial charge in [0.05, 0.1) is 17.1 Å². The number of carbonyl (C=O) groups excluding carboxylic acids is 1. The van der Waals surface area contributed by atoms with E-state index in [0.717, 1.165) is 12.1 Å². The quantitative estimate of drug-likeness (QED) is 0.891. The fourth-order valence-corrected chi connectivity index (χ4v) is 2.43. The molecular weight excluding hydrogens is 307 g/mol. The number of hydrogen-bond acceptors (Lipinski definition) is 2. The summed E-state index contributed by atoms with van der Waals surface area (Å²) < 4.78 is 38.5. The van der Waals surface area contributed by atoms with Crippen LogP contribution in [0.2, 0.25) is 0 Å². The molecule has 1 amide bonds. The Hall–Kier alpha value is -1.56. The van der Waals surface area contributed by atoms with E-state index in [1.54, 1.807) is 6.07 Å². The zero-order chi connectivity index (χ0) is 17.5. The van der Waals surface area contributed by atoms with Crippen LogP contribution in [0.5, 0.6) is 0 Å². The molecule has 0 radical (unpaired) electrons. The van der Waals surface area contributed by atoms with Crippen LogP contribution < -0.4 is 5.32 Å². The first-order valence-electron chi connectivity index (χ1n) is 7.61. The number of benzene rings is 1. The van der Waals surface area contributed by atoms with Crippen molar-refractivity contribution in [2.24, 2.45) is 5.41 Å². The zero-order valence-corrected chi connectivity index (χ0v) is 13.5. The molecule has 1 aliphatic carbocycles. The Morgan fingerprint density at radius 1 is 1.30 bits per heavy atom. The smallest absolute Gasteiger partial charge is 0.391 e. The normalized spacial score (nSPS) is 18.4. The molecule has 2 N–H and O–H groups in total. The molecule has 1 fully saturated rings. The summed E-state index contributed by atoms with van der Waals surface area (Å²) in [6.07, 6.45) is -4.11. The van der Waals surface area contributed by atoms with E-state index < -0.39 is 23.3 Å². The van der Waals surface area contributed by atoms with Crippen molar-refractivity contribution in [2.45, 2.75) is 51.3 Å². The third-order valence-electron chi connectivity index (χ3n) is 4.38. The monoisotopic (exact) mass is 329 g/mol. The van der Waals surface area contributed by atoms with Gasteiger partial charge in [0.1, 0.15) is 0 Å². The fourth-order valence-electron chi connectivity index (χ4n) is 2.43. The maximum absolute atomic E-state index is 12.8. The Morgan fingerprint density at radius 2 is 1.91 bits per heavy atom. The van der Waals surface area contributed by atoms with E-state index in [1.807, 2.05) is 20.8 Å². The third-order valence-corrected chi connectivity index (χ3v) is 4.38. The van der Waals surface area contributed by atoms with E-state index in [1.165, 1.54) is 6.07 Å². The van der Waals surface area contributed by atoms with E-state index in [4.69, 9.17) is 0 Å². The van der Waals surface area contributed by atoms with Crippen LogP contribution in [0, 0.1) is 5.41 Å². The second-order valence-corrected chi connectivity index (χ2v) is 7.25. The Balaban J connectivity index is 2.12. The van der Waals surface area contributed by atoms with Gasteiger partial charge in [0.15, 0.2) is 0 Å². The summed E-state index contributed by atoms with van der Waals surface area (Å²) >= 11 is 0. The summed E-state index contributed by atoms with van der Waals surface area (Å²) in [5.74, 6) is -0.319. The van der Waals surface area contributed by atoms with Crippen LogP contribution in [-0.2, 0) is 16.4 Å². The Labute approximate surface area is 133 Å². The maximum Gasteiger partial charge on any atom is 0.416 e. The minimum atomic E-state index is -4.43. The van der Waals surface area contributed by atoms with E-state index in [2.05, 4.69) is 5.32 Å². The number of rotatable bonds is 4. The third kappa shape index (κ3) is 3.86. The molecule has 1 aromatic rings. The van der Waals surface area contributed by atoms with Gasteiger partial charge in [0, 0.05) is 6.54 Å². The fraction of sp³-hybridized carbons (Fsp3) is 0.588. The van der Waals surface area contributed by atoms with Gasteiger partial charge in [-0.1, -0.05) is 39.0 Å². The predicted molar refractivity (Wildman–Crippen MR) is 80.8 cm³/mol. The van der Waals surface area contributed by atoms with Gasteiger partial charge in [-0.05, 0) is 29.9 Å². The number of hydrogen-bond donors (Lipinski definition) is 2. The van der Waals surface area contributed by atoms with E-state index >= 15 is 0 Å². The highest BCUT2D eigenvalue weighted by molar-refractivity contribution is 5.91. The van der Waals surface area contributed by atoms with Gasteiger partial charge in [0.25, 0.3) is 0 Å². The highest BCUT2D eigenvalue weighted by atomic mass is 19.4. The summed E-state index contributed by atoms with van der Waals surface area (Å²) in [4.78, 5) is 12.4. The summed E-state index contributed by atoms with van der Waals surface area (Å²) in [6.45, 7) is 5.64. The SMILES string of the molecule is CC(C)(C)C(O)CNC(=O)C1(c2cccc(C(F)(F)F)c2)CC1. The summed E-state index contributed by atoms with van der Waals surface area (Å²) in [6, 6.07) is 4.94. The standard InChI is InChI=1S/C17H22F3NO2/c1-15(2,3)13(22)10-21-14(23)16(7-8-16)11-5-4-6-12(9-11)17(18,19)20/h4-6,9,13,22H,7-8,10H2,1-3H3,(H,21,23). The minimum Gasteiger partial charge on any atom is -0.391 e. The van der Waals surface area contributed by atoms with Crippen molar-refractivity contribution in [3.63, 3.8) is 0 Å². The Bertz CT molecular complexity index is 586. The largest absolute Gasteiger partial charge is 0.416 e. The first kappa shape index (κ1) is 17.8. The van der Waals surface area contributed by atoms with Crippen molar-refractivity contribution in [3.05, 3.63) is 35.4 Å². The van der Waals surface area contributed by atoms with Gasteiger partial charge in [0.2, 0.25) is 5.91 Å². The molecular formula is C17H22F3NO2.